The lowest BCUT2D eigenvalue weighted by Crippen LogP contribution is -1.96. The highest BCUT2D eigenvalue weighted by atomic mass is 16.5. The number of nitrogens with zero attached hydrogens (tertiary/aromatic N) is 3. The van der Waals surface area contributed by atoms with Crippen molar-refractivity contribution in [1.82, 2.24) is 9.97 Å². The zero-order valence-electron chi connectivity index (χ0n) is 10.1. The van der Waals surface area contributed by atoms with E-state index in [2.05, 4.69) is 21.4 Å². The number of aryl methyl sites for hydroxylation is 1. The Hall–Kier alpha value is -2.61. The van der Waals surface area contributed by atoms with Crippen molar-refractivity contribution in [3.8, 4) is 17.7 Å². The van der Waals surface area contributed by atoms with Crippen molar-refractivity contribution in [2.45, 2.75) is 6.92 Å². The summed E-state index contributed by atoms with van der Waals surface area (Å²) >= 11 is 0. The minimum absolute atomic E-state index is 0.389. The Kier molecular flexibility index (Phi) is 3.39. The molecule has 2 aromatic rings. The molecule has 2 rings (SSSR count). The number of anilines is 1. The number of nitriles is 1. The van der Waals surface area contributed by atoms with Gasteiger partial charge in [-0.1, -0.05) is 6.07 Å². The van der Waals surface area contributed by atoms with Crippen LogP contribution in [0.4, 0.5) is 5.82 Å². The maximum Gasteiger partial charge on any atom is 0.239 e. The lowest BCUT2D eigenvalue weighted by atomic mass is 10.1. The normalized spacial score (nSPS) is 9.61. The first-order valence-electron chi connectivity index (χ1n) is 5.41. The second-order valence-corrected chi connectivity index (χ2v) is 3.69. The topological polar surface area (TPSA) is 70.8 Å². The van der Waals surface area contributed by atoms with Gasteiger partial charge in [0.25, 0.3) is 0 Å². The van der Waals surface area contributed by atoms with Crippen molar-refractivity contribution in [2.24, 2.45) is 0 Å². The van der Waals surface area contributed by atoms with Crippen LogP contribution in [0.3, 0.4) is 0 Å². The molecule has 1 aromatic carbocycles. The fraction of sp³-hybridized carbons (Fsp3) is 0.154. The average Bonchev–Trinajstić information content (AvgIpc) is 2.41. The van der Waals surface area contributed by atoms with E-state index in [9.17, 15) is 0 Å². The lowest BCUT2D eigenvalue weighted by molar-refractivity contribution is 0.457. The van der Waals surface area contributed by atoms with Crippen molar-refractivity contribution in [1.29, 1.82) is 5.26 Å². The third-order valence-electron chi connectivity index (χ3n) is 2.40. The highest BCUT2D eigenvalue weighted by molar-refractivity contribution is 5.43. The van der Waals surface area contributed by atoms with Crippen molar-refractivity contribution in [2.75, 3.05) is 12.4 Å². The highest BCUT2D eigenvalue weighted by Crippen LogP contribution is 2.24. The molecule has 0 aliphatic carbocycles. The van der Waals surface area contributed by atoms with Crippen molar-refractivity contribution < 1.29 is 4.74 Å². The first-order chi connectivity index (χ1) is 8.72. The van der Waals surface area contributed by atoms with Crippen LogP contribution in [0.15, 0.2) is 30.6 Å². The smallest absolute Gasteiger partial charge is 0.239 e. The van der Waals surface area contributed by atoms with E-state index in [4.69, 9.17) is 10.00 Å². The van der Waals surface area contributed by atoms with Gasteiger partial charge in [0.1, 0.15) is 11.6 Å². The minimum atomic E-state index is 0.389. The van der Waals surface area contributed by atoms with Crippen LogP contribution in [0.2, 0.25) is 0 Å². The number of hydrogen-bond acceptors (Lipinski definition) is 5. The largest absolute Gasteiger partial charge is 0.437 e. The fourth-order valence-corrected chi connectivity index (χ4v) is 1.41. The van der Waals surface area contributed by atoms with Crippen LogP contribution in [0.5, 0.6) is 11.6 Å². The molecule has 0 spiro atoms. The third kappa shape index (κ3) is 2.55. The van der Waals surface area contributed by atoms with Crippen LogP contribution >= 0.6 is 0 Å². The Morgan fingerprint density at radius 3 is 2.89 bits per heavy atom. The summed E-state index contributed by atoms with van der Waals surface area (Å²) in [5.74, 6) is 1.62. The summed E-state index contributed by atoms with van der Waals surface area (Å²) in [6.45, 7) is 1.91. The van der Waals surface area contributed by atoms with E-state index in [1.807, 2.05) is 13.0 Å². The molecule has 0 amide bonds. The standard InChI is InChI=1S/C13H12N4O/c1-9-3-4-10(6-14)5-11(9)18-13-8-16-7-12(15-2)17-13/h3-5,7-8H,1-2H3,(H,15,17). The number of hydrogen-bond donors (Lipinski definition) is 1. The van der Waals surface area contributed by atoms with Gasteiger partial charge in [-0.05, 0) is 24.6 Å². The molecule has 5 heteroatoms. The van der Waals surface area contributed by atoms with E-state index >= 15 is 0 Å². The number of nitrogens with one attached hydrogen (secondary N) is 1. The van der Waals surface area contributed by atoms with E-state index in [0.717, 1.165) is 5.56 Å². The van der Waals surface area contributed by atoms with Gasteiger partial charge in [-0.3, -0.25) is 4.98 Å². The van der Waals surface area contributed by atoms with Crippen LogP contribution in [0.1, 0.15) is 11.1 Å². The molecule has 1 aromatic heterocycles. The Labute approximate surface area is 105 Å². The van der Waals surface area contributed by atoms with Crippen molar-refractivity contribution in [3.05, 3.63) is 41.7 Å². The van der Waals surface area contributed by atoms with Gasteiger partial charge < -0.3 is 10.1 Å². The molecule has 0 saturated heterocycles. The molecule has 0 fully saturated rings. The first kappa shape index (κ1) is 11.9. The SMILES string of the molecule is CNc1cncc(Oc2cc(C#N)ccc2C)n1. The summed E-state index contributed by atoms with van der Waals surface area (Å²) in [4.78, 5) is 8.21. The van der Waals surface area contributed by atoms with Crippen LogP contribution in [0.25, 0.3) is 0 Å². The van der Waals surface area contributed by atoms with Gasteiger partial charge in [0.15, 0.2) is 0 Å². The molecule has 90 valence electrons. The molecule has 1 N–H and O–H groups in total. The fourth-order valence-electron chi connectivity index (χ4n) is 1.41. The minimum Gasteiger partial charge on any atom is -0.437 e. The molecule has 18 heavy (non-hydrogen) atoms. The van der Waals surface area contributed by atoms with Crippen LogP contribution in [0, 0.1) is 18.3 Å². The van der Waals surface area contributed by atoms with Crippen molar-refractivity contribution >= 4 is 5.82 Å². The Morgan fingerprint density at radius 1 is 1.33 bits per heavy atom. The second kappa shape index (κ2) is 5.15. The van der Waals surface area contributed by atoms with Gasteiger partial charge in [-0.15, -0.1) is 0 Å². The number of ether oxygens (including phenoxy) is 1. The zero-order chi connectivity index (χ0) is 13.0. The van der Waals surface area contributed by atoms with Crippen LogP contribution in [-0.4, -0.2) is 17.0 Å². The molecular weight excluding hydrogens is 228 g/mol. The summed E-state index contributed by atoms with van der Waals surface area (Å²) in [6.07, 6.45) is 3.13. The Morgan fingerprint density at radius 2 is 2.17 bits per heavy atom. The van der Waals surface area contributed by atoms with Crippen LogP contribution in [-0.2, 0) is 0 Å². The van der Waals surface area contributed by atoms with E-state index in [-0.39, 0.29) is 0 Å². The maximum atomic E-state index is 8.86. The lowest BCUT2D eigenvalue weighted by Gasteiger charge is -2.08. The number of benzene rings is 1. The summed E-state index contributed by atoms with van der Waals surface area (Å²) in [7, 11) is 1.76. The van der Waals surface area contributed by atoms with Crippen LogP contribution < -0.4 is 10.1 Å². The van der Waals surface area contributed by atoms with E-state index in [1.165, 1.54) is 6.20 Å². The quantitative estimate of drug-likeness (QED) is 0.892. The summed E-state index contributed by atoms with van der Waals surface area (Å²) in [6, 6.07) is 7.34. The predicted molar refractivity (Wildman–Crippen MR) is 67.5 cm³/mol. The van der Waals surface area contributed by atoms with Gasteiger partial charge in [-0.2, -0.15) is 10.2 Å². The number of aromatic nitrogens is 2. The van der Waals surface area contributed by atoms with Crippen molar-refractivity contribution in [3.63, 3.8) is 0 Å². The highest BCUT2D eigenvalue weighted by Gasteiger charge is 2.05. The monoisotopic (exact) mass is 240 g/mol. The molecule has 0 aliphatic rings. The molecule has 5 nitrogen and oxygen atoms in total. The van der Waals surface area contributed by atoms with Gasteiger partial charge >= 0.3 is 0 Å². The molecule has 1 heterocycles. The second-order valence-electron chi connectivity index (χ2n) is 3.69. The van der Waals surface area contributed by atoms with Gasteiger partial charge in [0, 0.05) is 7.05 Å². The molecule has 0 atom stereocenters. The molecule has 0 radical (unpaired) electrons. The predicted octanol–water partition coefficient (Wildman–Crippen LogP) is 2.49. The average molecular weight is 240 g/mol. The van der Waals surface area contributed by atoms with E-state index in [1.54, 1.807) is 25.4 Å². The van der Waals surface area contributed by atoms with E-state index in [0.29, 0.717) is 23.0 Å². The zero-order valence-corrected chi connectivity index (χ0v) is 10.1. The van der Waals surface area contributed by atoms with Gasteiger partial charge in [0.05, 0.1) is 24.0 Å². The third-order valence-corrected chi connectivity index (χ3v) is 2.40. The first-order valence-corrected chi connectivity index (χ1v) is 5.41. The summed E-state index contributed by atoms with van der Waals surface area (Å²) < 4.78 is 5.63. The maximum absolute atomic E-state index is 8.86. The van der Waals surface area contributed by atoms with E-state index < -0.39 is 0 Å². The number of rotatable bonds is 3. The van der Waals surface area contributed by atoms with Gasteiger partial charge in [-0.25, -0.2) is 0 Å². The summed E-state index contributed by atoms with van der Waals surface area (Å²) in [5.41, 5.74) is 1.49. The molecule has 0 bridgehead atoms. The van der Waals surface area contributed by atoms with Gasteiger partial charge in [0.2, 0.25) is 5.88 Å². The summed E-state index contributed by atoms with van der Waals surface area (Å²) in [5, 5.41) is 11.7. The molecular formula is C13H12N4O. The molecule has 0 unspecified atom stereocenters. The Bertz CT molecular complexity index is 604. The molecule has 0 aliphatic heterocycles. The Balaban J connectivity index is 2.30. The molecule has 0 saturated carbocycles.